The highest BCUT2D eigenvalue weighted by molar-refractivity contribution is 7.40. The molecule has 0 saturated heterocycles. The van der Waals surface area contributed by atoms with Gasteiger partial charge in [-0.15, -0.1) is 0 Å². The Morgan fingerprint density at radius 2 is 2.44 bits per heavy atom. The Balaban J connectivity index is 2.74. The lowest BCUT2D eigenvalue weighted by molar-refractivity contribution is 0.171. The van der Waals surface area contributed by atoms with Crippen LogP contribution < -0.4 is 0 Å². The fraction of sp³-hybridized carbons (Fsp3) is 0.545. The molecule has 0 aromatic carbocycles. The third-order valence-electron chi connectivity index (χ3n) is 2.36. The minimum Gasteiger partial charge on any atom is -0.392 e. The van der Waals surface area contributed by atoms with Gasteiger partial charge in [0, 0.05) is 12.6 Å². The van der Waals surface area contributed by atoms with E-state index in [9.17, 15) is 9.67 Å². The van der Waals surface area contributed by atoms with Crippen molar-refractivity contribution in [2.24, 2.45) is 4.99 Å². The first-order chi connectivity index (χ1) is 7.65. The summed E-state index contributed by atoms with van der Waals surface area (Å²) in [6.07, 6.45) is 5.45. The molecule has 1 N–H and O–H groups in total. The van der Waals surface area contributed by atoms with Crippen LogP contribution in [0.2, 0.25) is 0 Å². The van der Waals surface area contributed by atoms with Gasteiger partial charge in [-0.05, 0) is 19.4 Å². The van der Waals surface area contributed by atoms with Crippen molar-refractivity contribution in [2.45, 2.75) is 31.5 Å². The summed E-state index contributed by atoms with van der Waals surface area (Å²) in [5.74, 6) is 0. The average molecular weight is 243 g/mol. The van der Waals surface area contributed by atoms with E-state index in [1.54, 1.807) is 19.2 Å². The van der Waals surface area contributed by atoms with Gasteiger partial charge in [0.15, 0.2) is 8.03 Å². The van der Waals surface area contributed by atoms with Gasteiger partial charge in [0.25, 0.3) is 0 Å². The lowest BCUT2D eigenvalue weighted by Gasteiger charge is -2.19. The zero-order chi connectivity index (χ0) is 12.0. The number of nitrogens with zero attached hydrogens (tertiary/aromatic N) is 1. The quantitative estimate of drug-likeness (QED) is 0.773. The van der Waals surface area contributed by atoms with E-state index in [0.29, 0.717) is 25.1 Å². The van der Waals surface area contributed by atoms with Gasteiger partial charge in [-0.2, -0.15) is 0 Å². The highest BCUT2D eigenvalue weighted by Gasteiger charge is 2.24. The van der Waals surface area contributed by atoms with Crippen LogP contribution in [0, 0.1) is 0 Å². The molecule has 16 heavy (non-hydrogen) atoms. The molecule has 0 aromatic rings. The van der Waals surface area contributed by atoms with Crippen molar-refractivity contribution in [3.8, 4) is 0 Å². The maximum atomic E-state index is 11.8. The Labute approximate surface area is 96.6 Å². The largest absolute Gasteiger partial charge is 0.392 e. The number of rotatable bonds is 3. The predicted octanol–water partition coefficient (Wildman–Crippen LogP) is 2.16. The molecule has 0 amide bonds. The summed E-state index contributed by atoms with van der Waals surface area (Å²) in [6, 6.07) is 0. The molecular formula is C11H18NO3P. The second-order valence-electron chi connectivity index (χ2n) is 3.60. The monoisotopic (exact) mass is 243 g/mol. The van der Waals surface area contributed by atoms with Crippen LogP contribution in [0.3, 0.4) is 0 Å². The molecule has 1 heterocycles. The molecule has 1 aliphatic rings. The molecule has 0 radical (unpaired) electrons. The van der Waals surface area contributed by atoms with Crippen LogP contribution in [0.15, 0.2) is 29.4 Å². The van der Waals surface area contributed by atoms with Crippen LogP contribution in [-0.2, 0) is 9.09 Å². The summed E-state index contributed by atoms with van der Waals surface area (Å²) in [4.78, 5) is 4.04. The van der Waals surface area contributed by atoms with Gasteiger partial charge in [0.1, 0.15) is 0 Å². The van der Waals surface area contributed by atoms with E-state index in [-0.39, 0.29) is 5.66 Å². The van der Waals surface area contributed by atoms with E-state index in [1.807, 2.05) is 6.08 Å². The van der Waals surface area contributed by atoms with Crippen molar-refractivity contribution in [1.29, 1.82) is 0 Å². The van der Waals surface area contributed by atoms with Gasteiger partial charge in [-0.3, -0.25) is 9.56 Å². The summed E-state index contributed by atoms with van der Waals surface area (Å²) >= 11 is 0. The molecule has 5 heteroatoms. The molecule has 0 fully saturated rings. The SMILES string of the molecule is C=C1/C=C\C[C@@H]([PH](=O)OCC)C(O)C/C=N\1. The second kappa shape index (κ2) is 6.79. The van der Waals surface area contributed by atoms with Crippen LogP contribution in [0.25, 0.3) is 0 Å². The predicted molar refractivity (Wildman–Crippen MR) is 66.4 cm³/mol. The molecular weight excluding hydrogens is 225 g/mol. The van der Waals surface area contributed by atoms with E-state index in [4.69, 9.17) is 4.52 Å². The van der Waals surface area contributed by atoms with Crippen LogP contribution in [0.4, 0.5) is 0 Å². The fourth-order valence-corrected chi connectivity index (χ4v) is 2.77. The summed E-state index contributed by atoms with van der Waals surface area (Å²) in [5, 5.41) is 9.87. The van der Waals surface area contributed by atoms with Gasteiger partial charge in [0.2, 0.25) is 0 Å². The van der Waals surface area contributed by atoms with Crippen molar-refractivity contribution in [3.05, 3.63) is 24.4 Å². The molecule has 3 atom stereocenters. The zero-order valence-electron chi connectivity index (χ0n) is 9.43. The van der Waals surface area contributed by atoms with Gasteiger partial charge in [-0.1, -0.05) is 12.7 Å². The third-order valence-corrected chi connectivity index (χ3v) is 4.16. The van der Waals surface area contributed by atoms with Crippen molar-refractivity contribution < 1.29 is 14.2 Å². The van der Waals surface area contributed by atoms with E-state index in [1.165, 1.54) is 0 Å². The number of hydrogen-bond donors (Lipinski definition) is 1. The first-order valence-electron chi connectivity index (χ1n) is 5.37. The van der Waals surface area contributed by atoms with Crippen molar-refractivity contribution >= 4 is 14.2 Å². The normalized spacial score (nSPS) is 32.2. The van der Waals surface area contributed by atoms with E-state index in [2.05, 4.69) is 11.6 Å². The van der Waals surface area contributed by atoms with Gasteiger partial charge < -0.3 is 9.63 Å². The third kappa shape index (κ3) is 4.05. The molecule has 0 saturated carbocycles. The molecule has 4 nitrogen and oxygen atoms in total. The second-order valence-corrected chi connectivity index (χ2v) is 5.27. The van der Waals surface area contributed by atoms with E-state index < -0.39 is 14.1 Å². The Morgan fingerprint density at radius 1 is 1.69 bits per heavy atom. The van der Waals surface area contributed by atoms with Crippen LogP contribution in [0.5, 0.6) is 0 Å². The minimum absolute atomic E-state index is 0.335. The highest BCUT2D eigenvalue weighted by atomic mass is 31.1. The molecule has 1 rings (SSSR count). The number of aliphatic hydroxyl groups is 1. The summed E-state index contributed by atoms with van der Waals surface area (Å²) in [7, 11) is -2.20. The van der Waals surface area contributed by atoms with Gasteiger partial charge in [0.05, 0.1) is 24.1 Å². The van der Waals surface area contributed by atoms with Gasteiger partial charge >= 0.3 is 0 Å². The molecule has 0 bridgehead atoms. The van der Waals surface area contributed by atoms with Crippen LogP contribution in [-0.4, -0.2) is 29.7 Å². The Morgan fingerprint density at radius 3 is 3.12 bits per heavy atom. The van der Waals surface area contributed by atoms with E-state index >= 15 is 0 Å². The van der Waals surface area contributed by atoms with Crippen molar-refractivity contribution in [1.82, 2.24) is 0 Å². The first-order valence-corrected chi connectivity index (χ1v) is 6.77. The van der Waals surface area contributed by atoms with Crippen LogP contribution in [0.1, 0.15) is 19.8 Å². The molecule has 90 valence electrons. The Bertz CT molecular complexity index is 325. The number of allylic oxidation sites excluding steroid dienone is 2. The molecule has 1 aliphatic heterocycles. The Kier molecular flexibility index (Phi) is 5.67. The molecule has 0 aliphatic carbocycles. The maximum absolute atomic E-state index is 11.8. The molecule has 2 unspecified atom stereocenters. The lowest BCUT2D eigenvalue weighted by atomic mass is 10.1. The standard InChI is InChI=1S/C11H18NO3P/c1-3-15-16(14)11-6-4-5-9(2)12-8-7-10(11)13/h4-5,8,10-11,13,16H,2-3,6-7H2,1H3/b5-4-,12-8-/t10?,11-/m1/s1. The lowest BCUT2D eigenvalue weighted by Crippen LogP contribution is -2.23. The number of aliphatic imine (C=N–C) groups is 1. The summed E-state index contributed by atoms with van der Waals surface area (Å²) < 4.78 is 16.9. The fourth-order valence-electron chi connectivity index (χ4n) is 1.50. The van der Waals surface area contributed by atoms with Crippen molar-refractivity contribution in [2.75, 3.05) is 6.61 Å². The maximum Gasteiger partial charge on any atom is 0.197 e. The Hall–Kier alpha value is -0.700. The van der Waals surface area contributed by atoms with Gasteiger partial charge in [-0.25, -0.2) is 0 Å². The summed E-state index contributed by atoms with van der Waals surface area (Å²) in [5.41, 5.74) is 0.308. The molecule has 0 aromatic heterocycles. The smallest absolute Gasteiger partial charge is 0.197 e. The first kappa shape index (κ1) is 13.4. The number of hydrogen-bond acceptors (Lipinski definition) is 4. The summed E-state index contributed by atoms with van der Waals surface area (Å²) in [6.45, 7) is 5.92. The van der Waals surface area contributed by atoms with Crippen molar-refractivity contribution in [3.63, 3.8) is 0 Å². The minimum atomic E-state index is -2.20. The van der Waals surface area contributed by atoms with E-state index in [0.717, 1.165) is 0 Å². The molecule has 0 spiro atoms. The topological polar surface area (TPSA) is 58.9 Å². The number of aliphatic hydroxyl groups excluding tert-OH is 1. The van der Waals surface area contributed by atoms with Crippen LogP contribution >= 0.6 is 8.03 Å². The average Bonchev–Trinajstić information content (AvgIpc) is 2.30. The highest BCUT2D eigenvalue weighted by Crippen LogP contribution is 2.35. The zero-order valence-corrected chi connectivity index (χ0v) is 10.4.